The first kappa shape index (κ1) is 22.1. The van der Waals surface area contributed by atoms with Crippen LogP contribution < -0.4 is 5.32 Å². The van der Waals surface area contributed by atoms with Crippen LogP contribution in [0.15, 0.2) is 42.0 Å². The average Bonchev–Trinajstić information content (AvgIpc) is 3.05. The fourth-order valence-electron chi connectivity index (χ4n) is 6.47. The van der Waals surface area contributed by atoms with Gasteiger partial charge in [-0.05, 0) is 50.0 Å². The van der Waals surface area contributed by atoms with Crippen molar-refractivity contribution in [3.05, 3.63) is 47.5 Å². The smallest absolute Gasteiger partial charge is 0.311 e. The lowest BCUT2D eigenvalue weighted by molar-refractivity contribution is -0.285. The van der Waals surface area contributed by atoms with E-state index in [0.29, 0.717) is 19.1 Å². The van der Waals surface area contributed by atoms with Gasteiger partial charge >= 0.3 is 5.97 Å². The minimum atomic E-state index is -0.633. The van der Waals surface area contributed by atoms with Crippen molar-refractivity contribution in [3.63, 3.8) is 0 Å². The van der Waals surface area contributed by atoms with Crippen LogP contribution >= 0.6 is 0 Å². The summed E-state index contributed by atoms with van der Waals surface area (Å²) < 4.78 is 18.2. The Hall–Kier alpha value is -1.69. The number of allylic oxidation sites excluding steroid dienone is 1. The molecule has 0 amide bonds. The van der Waals surface area contributed by atoms with E-state index in [4.69, 9.17) is 14.2 Å². The van der Waals surface area contributed by atoms with Gasteiger partial charge in [0.2, 0.25) is 0 Å². The summed E-state index contributed by atoms with van der Waals surface area (Å²) in [7, 11) is 0. The summed E-state index contributed by atoms with van der Waals surface area (Å²) in [5.41, 5.74) is 2.87. The van der Waals surface area contributed by atoms with Crippen molar-refractivity contribution in [2.24, 2.45) is 23.2 Å². The minimum Gasteiger partial charge on any atom is -0.461 e. The summed E-state index contributed by atoms with van der Waals surface area (Å²) in [6.45, 7) is 9.74. The molecule has 0 bridgehead atoms. The third-order valence-electron chi connectivity index (χ3n) is 8.20. The number of hydrogen-bond donors (Lipinski definition) is 1. The van der Waals surface area contributed by atoms with Crippen molar-refractivity contribution >= 4 is 5.97 Å². The molecule has 1 N–H and O–H groups in total. The molecule has 0 unspecified atom stereocenters. The molecule has 174 valence electrons. The summed E-state index contributed by atoms with van der Waals surface area (Å²) in [6, 6.07) is 10.3. The zero-order chi connectivity index (χ0) is 22.5. The first-order valence-corrected chi connectivity index (χ1v) is 12.3. The number of esters is 1. The number of carbonyl (C=O) groups excluding carboxylic acids is 1. The van der Waals surface area contributed by atoms with Gasteiger partial charge in [-0.2, -0.15) is 0 Å². The van der Waals surface area contributed by atoms with Gasteiger partial charge in [-0.25, -0.2) is 0 Å². The number of nitrogens with one attached hydrogen (secondary N) is 1. The van der Waals surface area contributed by atoms with E-state index in [9.17, 15) is 4.79 Å². The Labute approximate surface area is 191 Å². The van der Waals surface area contributed by atoms with E-state index in [-0.39, 0.29) is 41.5 Å². The van der Waals surface area contributed by atoms with Crippen molar-refractivity contribution < 1.29 is 19.0 Å². The Balaban J connectivity index is 1.33. The van der Waals surface area contributed by atoms with Crippen LogP contribution in [0.2, 0.25) is 0 Å². The van der Waals surface area contributed by atoms with Crippen molar-refractivity contribution in [3.8, 4) is 0 Å². The predicted octanol–water partition coefficient (Wildman–Crippen LogP) is 4.78. The van der Waals surface area contributed by atoms with Gasteiger partial charge in [0.25, 0.3) is 0 Å². The summed E-state index contributed by atoms with van der Waals surface area (Å²) in [6.07, 6.45) is 6.99. The SMILES string of the molecule is C[C@@H]1CCC[C@@]2(C)C[C@H]3OC(=O)[C@H](CN[C@@H]4COC(C)(C)O[C@H]4c4ccccc4)[C@@H]3C=C12. The van der Waals surface area contributed by atoms with E-state index in [2.05, 4.69) is 37.4 Å². The minimum absolute atomic E-state index is 0.0102. The van der Waals surface area contributed by atoms with Crippen molar-refractivity contribution in [1.82, 2.24) is 5.32 Å². The molecule has 0 radical (unpaired) electrons. The number of carbonyl (C=O) groups is 1. The second-order valence-corrected chi connectivity index (χ2v) is 11.0. The van der Waals surface area contributed by atoms with Crippen molar-refractivity contribution in [2.75, 3.05) is 13.2 Å². The van der Waals surface area contributed by atoms with E-state index in [1.165, 1.54) is 19.3 Å². The van der Waals surface area contributed by atoms with Gasteiger partial charge < -0.3 is 19.5 Å². The van der Waals surface area contributed by atoms with Gasteiger partial charge in [-0.15, -0.1) is 0 Å². The largest absolute Gasteiger partial charge is 0.461 e. The molecule has 5 nitrogen and oxygen atoms in total. The van der Waals surface area contributed by atoms with Crippen LogP contribution in [0.1, 0.15) is 65.0 Å². The van der Waals surface area contributed by atoms with Gasteiger partial charge in [-0.3, -0.25) is 4.79 Å². The summed E-state index contributed by atoms with van der Waals surface area (Å²) in [5, 5.41) is 3.63. The van der Waals surface area contributed by atoms with Crippen LogP contribution in [0.25, 0.3) is 0 Å². The van der Waals surface area contributed by atoms with Gasteiger partial charge in [0.1, 0.15) is 12.2 Å². The molecule has 3 fully saturated rings. The Morgan fingerprint density at radius 1 is 1.16 bits per heavy atom. The van der Waals surface area contributed by atoms with Gasteiger partial charge in [0, 0.05) is 12.5 Å². The standard InChI is InChI=1S/C27H37NO4/c1-17-9-8-12-27(4)14-23-19(13-21(17)27)20(25(29)31-23)15-28-22-16-30-26(2,3)32-24(22)18-10-6-5-7-11-18/h5-7,10-11,13,17,19-20,22-24,28H,8-9,12,14-16H2,1-4H3/t17-,19+,20-,22-,23-,24+,27+/m1/s1. The number of hydrogen-bond acceptors (Lipinski definition) is 5. The zero-order valence-electron chi connectivity index (χ0n) is 19.8. The maximum absolute atomic E-state index is 12.9. The quantitative estimate of drug-likeness (QED) is 0.540. The molecule has 1 aromatic carbocycles. The van der Waals surface area contributed by atoms with E-state index in [0.717, 1.165) is 12.0 Å². The highest BCUT2D eigenvalue weighted by atomic mass is 16.7. The summed E-state index contributed by atoms with van der Waals surface area (Å²) in [4.78, 5) is 12.9. The fourth-order valence-corrected chi connectivity index (χ4v) is 6.47. The maximum atomic E-state index is 12.9. The molecule has 2 aliphatic carbocycles. The van der Waals surface area contributed by atoms with Crippen LogP contribution in [0.5, 0.6) is 0 Å². The van der Waals surface area contributed by atoms with Crippen LogP contribution in [0, 0.1) is 23.2 Å². The maximum Gasteiger partial charge on any atom is 0.311 e. The highest BCUT2D eigenvalue weighted by Gasteiger charge is 2.52. The molecular formula is C27H37NO4. The van der Waals surface area contributed by atoms with E-state index in [1.54, 1.807) is 5.57 Å². The molecule has 7 atom stereocenters. The Bertz CT molecular complexity index is 881. The molecule has 4 aliphatic rings. The summed E-state index contributed by atoms with van der Waals surface area (Å²) in [5.74, 6) is -0.0867. The van der Waals surface area contributed by atoms with Crippen LogP contribution in [0.3, 0.4) is 0 Å². The van der Waals surface area contributed by atoms with Crippen molar-refractivity contribution in [1.29, 1.82) is 0 Å². The predicted molar refractivity (Wildman–Crippen MR) is 123 cm³/mol. The van der Waals surface area contributed by atoms with Gasteiger partial charge in [-0.1, -0.05) is 62.2 Å². The second kappa shape index (κ2) is 8.27. The Kier molecular flexibility index (Phi) is 5.71. The number of ether oxygens (including phenoxy) is 3. The summed E-state index contributed by atoms with van der Waals surface area (Å²) >= 11 is 0. The third-order valence-corrected chi connectivity index (χ3v) is 8.20. The van der Waals surface area contributed by atoms with E-state index >= 15 is 0 Å². The lowest BCUT2D eigenvalue weighted by atomic mass is 9.59. The fraction of sp³-hybridized carbons (Fsp3) is 0.667. The zero-order valence-corrected chi connectivity index (χ0v) is 19.8. The number of fused-ring (bicyclic) bond motifs is 2. The number of rotatable bonds is 4. The van der Waals surface area contributed by atoms with Crippen LogP contribution in [-0.4, -0.2) is 37.1 Å². The first-order chi connectivity index (χ1) is 15.3. The second-order valence-electron chi connectivity index (χ2n) is 11.0. The molecule has 2 heterocycles. The normalized spacial score (nSPS) is 40.8. The molecule has 1 saturated carbocycles. The Morgan fingerprint density at radius 3 is 2.72 bits per heavy atom. The highest BCUT2D eigenvalue weighted by Crippen LogP contribution is 2.53. The third kappa shape index (κ3) is 4.04. The van der Waals surface area contributed by atoms with Crippen LogP contribution in [-0.2, 0) is 19.0 Å². The highest BCUT2D eigenvalue weighted by molar-refractivity contribution is 5.76. The van der Waals surface area contributed by atoms with E-state index in [1.807, 2.05) is 32.0 Å². The molecule has 0 aromatic heterocycles. The first-order valence-electron chi connectivity index (χ1n) is 12.3. The Morgan fingerprint density at radius 2 is 1.94 bits per heavy atom. The monoisotopic (exact) mass is 439 g/mol. The molecule has 0 spiro atoms. The van der Waals surface area contributed by atoms with Crippen molar-refractivity contribution in [2.45, 2.75) is 77.4 Å². The lowest BCUT2D eigenvalue weighted by Gasteiger charge is -2.46. The van der Waals surface area contributed by atoms with Gasteiger partial charge in [0.15, 0.2) is 5.79 Å². The molecule has 5 rings (SSSR count). The molecule has 1 aromatic rings. The molecular weight excluding hydrogens is 402 g/mol. The molecule has 2 saturated heterocycles. The number of benzene rings is 1. The lowest BCUT2D eigenvalue weighted by Crippen LogP contribution is -2.52. The topological polar surface area (TPSA) is 56.8 Å². The van der Waals surface area contributed by atoms with E-state index < -0.39 is 5.79 Å². The molecule has 5 heteroatoms. The van der Waals surface area contributed by atoms with Crippen LogP contribution in [0.4, 0.5) is 0 Å². The van der Waals surface area contributed by atoms with Gasteiger partial charge in [0.05, 0.1) is 18.6 Å². The molecule has 2 aliphatic heterocycles. The average molecular weight is 440 g/mol. The molecule has 32 heavy (non-hydrogen) atoms.